The van der Waals surface area contributed by atoms with Crippen molar-refractivity contribution < 1.29 is 9.53 Å². The lowest BCUT2D eigenvalue weighted by atomic mass is 9.97. The normalized spacial score (nSPS) is 22.1. The van der Waals surface area contributed by atoms with Crippen molar-refractivity contribution >= 4 is 21.8 Å². The molecule has 0 bridgehead atoms. The number of carbonyl (C=O) groups excluding carboxylic acids is 1. The summed E-state index contributed by atoms with van der Waals surface area (Å²) in [7, 11) is 1.77. The van der Waals surface area contributed by atoms with Gasteiger partial charge in [-0.2, -0.15) is 5.10 Å². The fourth-order valence-electron chi connectivity index (χ4n) is 2.30. The largest absolute Gasteiger partial charge is 0.378 e. The summed E-state index contributed by atoms with van der Waals surface area (Å²) in [4.78, 5) is 19.8. The molecule has 3 rings (SSSR count). The number of amides is 1. The number of halogens is 1. The minimum absolute atomic E-state index is 0.202. The van der Waals surface area contributed by atoms with Gasteiger partial charge in [-0.15, -0.1) is 0 Å². The third kappa shape index (κ3) is 2.14. The predicted molar refractivity (Wildman–Crippen MR) is 74.1 cm³/mol. The Hall–Kier alpha value is -1.67. The molecule has 1 aliphatic heterocycles. The van der Waals surface area contributed by atoms with Gasteiger partial charge in [0.25, 0.3) is 5.91 Å². The number of imidazole rings is 1. The van der Waals surface area contributed by atoms with E-state index in [1.165, 1.54) is 6.20 Å². The maximum atomic E-state index is 12.4. The van der Waals surface area contributed by atoms with Crippen LogP contribution in [0.2, 0.25) is 0 Å². The first-order valence-corrected chi connectivity index (χ1v) is 6.99. The van der Waals surface area contributed by atoms with E-state index in [1.54, 1.807) is 24.1 Å². The SMILES string of the molecule is Cn1ncc(C(=O)NC2(c3ncc[nH]3)CCOC2)c1Br. The Kier molecular flexibility index (Phi) is 3.35. The van der Waals surface area contributed by atoms with Crippen molar-refractivity contribution in [1.82, 2.24) is 25.1 Å². The fraction of sp³-hybridized carbons (Fsp3) is 0.417. The van der Waals surface area contributed by atoms with Crippen LogP contribution in [0.5, 0.6) is 0 Å². The van der Waals surface area contributed by atoms with E-state index in [0.717, 1.165) is 0 Å². The third-order valence-electron chi connectivity index (χ3n) is 3.44. The number of nitrogens with one attached hydrogen (secondary N) is 2. The molecule has 0 radical (unpaired) electrons. The second-order valence-corrected chi connectivity index (χ2v) is 5.50. The summed E-state index contributed by atoms with van der Waals surface area (Å²) in [6.45, 7) is 0.999. The lowest BCUT2D eigenvalue weighted by Crippen LogP contribution is -2.47. The average molecular weight is 340 g/mol. The summed E-state index contributed by atoms with van der Waals surface area (Å²) in [6, 6.07) is 0. The molecule has 2 N–H and O–H groups in total. The van der Waals surface area contributed by atoms with Gasteiger partial charge >= 0.3 is 0 Å². The van der Waals surface area contributed by atoms with Crippen LogP contribution in [-0.4, -0.2) is 38.9 Å². The predicted octanol–water partition coefficient (Wildman–Crippen LogP) is 0.951. The molecule has 0 spiro atoms. The number of hydrogen-bond donors (Lipinski definition) is 2. The van der Waals surface area contributed by atoms with E-state index in [9.17, 15) is 4.79 Å². The van der Waals surface area contributed by atoms with E-state index < -0.39 is 5.54 Å². The Morgan fingerprint density at radius 1 is 1.65 bits per heavy atom. The molecule has 8 heteroatoms. The van der Waals surface area contributed by atoms with Crippen LogP contribution in [0.25, 0.3) is 0 Å². The first kappa shape index (κ1) is 13.3. The standard InChI is InChI=1S/C12H14BrN5O2/c1-18-9(13)8(6-16-18)10(19)17-12(2-5-20-7-12)11-14-3-4-15-11/h3-4,6H,2,5,7H2,1H3,(H,14,15)(H,17,19). The second kappa shape index (κ2) is 5.02. The Morgan fingerprint density at radius 2 is 2.50 bits per heavy atom. The van der Waals surface area contributed by atoms with Crippen molar-refractivity contribution in [2.75, 3.05) is 13.2 Å². The highest BCUT2D eigenvalue weighted by atomic mass is 79.9. The van der Waals surface area contributed by atoms with Crippen LogP contribution in [0.3, 0.4) is 0 Å². The van der Waals surface area contributed by atoms with Crippen LogP contribution >= 0.6 is 15.9 Å². The van der Waals surface area contributed by atoms with Crippen LogP contribution in [0.4, 0.5) is 0 Å². The van der Waals surface area contributed by atoms with Gasteiger partial charge in [-0.25, -0.2) is 4.98 Å². The van der Waals surface area contributed by atoms with Crippen LogP contribution < -0.4 is 5.32 Å². The molecule has 0 saturated carbocycles. The van der Waals surface area contributed by atoms with Gasteiger partial charge in [-0.3, -0.25) is 9.48 Å². The van der Waals surface area contributed by atoms with E-state index in [0.29, 0.717) is 35.6 Å². The third-order valence-corrected chi connectivity index (χ3v) is 4.38. The number of aryl methyl sites for hydroxylation is 1. The van der Waals surface area contributed by atoms with Crippen molar-refractivity contribution in [1.29, 1.82) is 0 Å². The van der Waals surface area contributed by atoms with Crippen molar-refractivity contribution in [2.24, 2.45) is 7.05 Å². The van der Waals surface area contributed by atoms with Gasteiger partial charge in [-0.1, -0.05) is 0 Å². The Balaban J connectivity index is 1.88. The molecule has 106 valence electrons. The monoisotopic (exact) mass is 339 g/mol. The number of nitrogens with zero attached hydrogens (tertiary/aromatic N) is 3. The smallest absolute Gasteiger partial charge is 0.256 e. The molecule has 1 aliphatic rings. The first-order valence-electron chi connectivity index (χ1n) is 6.20. The van der Waals surface area contributed by atoms with Gasteiger partial charge < -0.3 is 15.0 Å². The highest BCUT2D eigenvalue weighted by molar-refractivity contribution is 9.10. The molecule has 1 atom stereocenters. The summed E-state index contributed by atoms with van der Waals surface area (Å²) in [6.07, 6.45) is 5.62. The molecule has 20 heavy (non-hydrogen) atoms. The van der Waals surface area contributed by atoms with Crippen LogP contribution in [0.1, 0.15) is 22.6 Å². The molecule has 1 fully saturated rings. The number of ether oxygens (including phenoxy) is 1. The van der Waals surface area contributed by atoms with Crippen molar-refractivity contribution in [2.45, 2.75) is 12.0 Å². The lowest BCUT2D eigenvalue weighted by molar-refractivity contribution is 0.0868. The fourth-order valence-corrected chi connectivity index (χ4v) is 2.67. The number of rotatable bonds is 3. The second-order valence-electron chi connectivity index (χ2n) is 4.75. The molecule has 2 aromatic heterocycles. The Labute approximate surface area is 123 Å². The van der Waals surface area contributed by atoms with Gasteiger partial charge in [0, 0.05) is 32.5 Å². The quantitative estimate of drug-likeness (QED) is 0.871. The zero-order valence-electron chi connectivity index (χ0n) is 10.9. The summed E-state index contributed by atoms with van der Waals surface area (Å²) in [5.74, 6) is 0.509. The van der Waals surface area contributed by atoms with E-state index in [4.69, 9.17) is 4.74 Å². The highest BCUT2D eigenvalue weighted by Crippen LogP contribution is 2.29. The number of H-pyrrole nitrogens is 1. The Bertz CT molecular complexity index is 616. The highest BCUT2D eigenvalue weighted by Gasteiger charge is 2.41. The summed E-state index contributed by atoms with van der Waals surface area (Å²) in [5, 5.41) is 7.08. The number of hydrogen-bond acceptors (Lipinski definition) is 4. The zero-order valence-corrected chi connectivity index (χ0v) is 12.5. The average Bonchev–Trinajstić information content (AvgIpc) is 3.13. The van der Waals surface area contributed by atoms with Crippen molar-refractivity contribution in [3.05, 3.63) is 34.6 Å². The molecule has 1 saturated heterocycles. The number of aromatic nitrogens is 4. The first-order chi connectivity index (χ1) is 9.62. The van der Waals surface area contributed by atoms with Crippen molar-refractivity contribution in [3.63, 3.8) is 0 Å². The maximum absolute atomic E-state index is 12.4. The van der Waals surface area contributed by atoms with Crippen LogP contribution in [-0.2, 0) is 17.3 Å². The summed E-state index contributed by atoms with van der Waals surface area (Å²) in [5.41, 5.74) is -0.110. The number of carbonyl (C=O) groups is 1. The van der Waals surface area contributed by atoms with Gasteiger partial charge in [0.05, 0.1) is 18.4 Å². The van der Waals surface area contributed by atoms with E-state index in [1.807, 2.05) is 0 Å². The topological polar surface area (TPSA) is 84.8 Å². The molecule has 1 unspecified atom stereocenters. The van der Waals surface area contributed by atoms with Crippen LogP contribution in [0.15, 0.2) is 23.2 Å². The molecular formula is C12H14BrN5O2. The molecule has 0 aliphatic carbocycles. The lowest BCUT2D eigenvalue weighted by Gasteiger charge is -2.26. The maximum Gasteiger partial charge on any atom is 0.256 e. The molecule has 7 nitrogen and oxygen atoms in total. The zero-order chi connectivity index (χ0) is 14.2. The molecule has 3 heterocycles. The van der Waals surface area contributed by atoms with E-state index >= 15 is 0 Å². The Morgan fingerprint density at radius 3 is 3.05 bits per heavy atom. The summed E-state index contributed by atoms with van der Waals surface area (Å²) >= 11 is 3.35. The van der Waals surface area contributed by atoms with Gasteiger partial charge in [0.2, 0.25) is 0 Å². The minimum Gasteiger partial charge on any atom is -0.378 e. The number of aromatic amines is 1. The van der Waals surface area contributed by atoms with E-state index in [-0.39, 0.29) is 5.91 Å². The molecule has 0 aromatic carbocycles. The molecule has 2 aromatic rings. The summed E-state index contributed by atoms with van der Waals surface area (Å²) < 4.78 is 7.69. The van der Waals surface area contributed by atoms with Gasteiger partial charge in [-0.05, 0) is 15.9 Å². The van der Waals surface area contributed by atoms with E-state index in [2.05, 4.69) is 36.3 Å². The van der Waals surface area contributed by atoms with Crippen LogP contribution in [0, 0.1) is 0 Å². The van der Waals surface area contributed by atoms with Gasteiger partial charge in [0.1, 0.15) is 16.0 Å². The minimum atomic E-state index is -0.601. The van der Waals surface area contributed by atoms with Gasteiger partial charge in [0.15, 0.2) is 0 Å². The van der Waals surface area contributed by atoms with Crippen molar-refractivity contribution in [3.8, 4) is 0 Å². The molecule has 1 amide bonds. The molecular weight excluding hydrogens is 326 g/mol.